The van der Waals surface area contributed by atoms with Crippen LogP contribution in [0.4, 0.5) is 0 Å². The molecule has 6 heteroatoms. The number of carbonyl (C=O) groups excluding carboxylic acids is 2. The first-order chi connectivity index (χ1) is 9.99. The van der Waals surface area contributed by atoms with Gasteiger partial charge in [-0.25, -0.2) is 0 Å². The average Bonchev–Trinajstić information content (AvgIpc) is 3.22. The van der Waals surface area contributed by atoms with Crippen molar-refractivity contribution in [2.24, 2.45) is 13.0 Å². The van der Waals surface area contributed by atoms with Gasteiger partial charge in [0.15, 0.2) is 0 Å². The van der Waals surface area contributed by atoms with E-state index in [0.717, 1.165) is 24.8 Å². The standard InChI is InChI=1S/C15H22N4O2/c1-15(12-3-4-12)14(21)19(8-6-13(20)17-15)7-5-11-9-16-18(2)10-11/h9-10,12H,3-8H2,1-2H3,(H,17,20). The van der Waals surface area contributed by atoms with Crippen molar-refractivity contribution in [3.05, 3.63) is 18.0 Å². The Balaban J connectivity index is 1.71. The van der Waals surface area contributed by atoms with Crippen LogP contribution in [0.3, 0.4) is 0 Å². The van der Waals surface area contributed by atoms with Gasteiger partial charge in [0, 0.05) is 32.8 Å². The zero-order chi connectivity index (χ0) is 15.0. The monoisotopic (exact) mass is 290 g/mol. The number of hydrogen-bond acceptors (Lipinski definition) is 3. The summed E-state index contributed by atoms with van der Waals surface area (Å²) in [4.78, 5) is 26.5. The molecule has 2 aliphatic rings. The van der Waals surface area contributed by atoms with E-state index in [0.29, 0.717) is 25.4 Å². The average molecular weight is 290 g/mol. The van der Waals surface area contributed by atoms with Crippen LogP contribution in [-0.4, -0.2) is 45.1 Å². The lowest BCUT2D eigenvalue weighted by Crippen LogP contribution is -2.56. The van der Waals surface area contributed by atoms with Crippen molar-refractivity contribution in [3.63, 3.8) is 0 Å². The van der Waals surface area contributed by atoms with Crippen molar-refractivity contribution in [1.29, 1.82) is 0 Å². The molecule has 1 aromatic heterocycles. The van der Waals surface area contributed by atoms with E-state index in [4.69, 9.17) is 0 Å². The predicted molar refractivity (Wildman–Crippen MR) is 77.4 cm³/mol. The number of amides is 2. The first kappa shape index (κ1) is 14.1. The van der Waals surface area contributed by atoms with Crippen LogP contribution in [0.2, 0.25) is 0 Å². The predicted octanol–water partition coefficient (Wildman–Crippen LogP) is 0.480. The second-order valence-corrected chi connectivity index (χ2v) is 6.34. The van der Waals surface area contributed by atoms with Crippen molar-refractivity contribution >= 4 is 11.8 Å². The van der Waals surface area contributed by atoms with E-state index in [1.165, 1.54) is 0 Å². The SMILES string of the molecule is Cn1cc(CCN2CCC(=O)NC(C)(C3CC3)C2=O)cn1. The largest absolute Gasteiger partial charge is 0.342 e. The summed E-state index contributed by atoms with van der Waals surface area (Å²) < 4.78 is 1.76. The van der Waals surface area contributed by atoms with Crippen LogP contribution < -0.4 is 5.32 Å². The number of nitrogens with one attached hydrogen (secondary N) is 1. The molecule has 114 valence electrons. The normalized spacial score (nSPS) is 26.7. The third kappa shape index (κ3) is 2.80. The Hall–Kier alpha value is -1.85. The minimum Gasteiger partial charge on any atom is -0.342 e. The van der Waals surface area contributed by atoms with Gasteiger partial charge in [-0.2, -0.15) is 5.10 Å². The highest BCUT2D eigenvalue weighted by atomic mass is 16.2. The first-order valence-corrected chi connectivity index (χ1v) is 7.57. The zero-order valence-corrected chi connectivity index (χ0v) is 12.6. The summed E-state index contributed by atoms with van der Waals surface area (Å²) in [7, 11) is 1.88. The molecule has 1 N–H and O–H groups in total. The lowest BCUT2D eigenvalue weighted by Gasteiger charge is -2.32. The van der Waals surface area contributed by atoms with E-state index in [2.05, 4.69) is 10.4 Å². The molecule has 0 bridgehead atoms. The topological polar surface area (TPSA) is 67.2 Å². The Morgan fingerprint density at radius 1 is 1.43 bits per heavy atom. The molecular formula is C15H22N4O2. The molecule has 1 saturated carbocycles. The molecule has 6 nitrogen and oxygen atoms in total. The highest BCUT2D eigenvalue weighted by Gasteiger charge is 2.50. The molecule has 2 amide bonds. The molecule has 21 heavy (non-hydrogen) atoms. The van der Waals surface area contributed by atoms with Crippen LogP contribution in [0.5, 0.6) is 0 Å². The van der Waals surface area contributed by atoms with E-state index in [1.807, 2.05) is 31.3 Å². The maximum Gasteiger partial charge on any atom is 0.248 e. The van der Waals surface area contributed by atoms with Gasteiger partial charge < -0.3 is 10.2 Å². The maximum atomic E-state index is 12.8. The van der Waals surface area contributed by atoms with Gasteiger partial charge in [-0.15, -0.1) is 0 Å². The molecule has 0 aromatic carbocycles. The molecular weight excluding hydrogens is 268 g/mol. The summed E-state index contributed by atoms with van der Waals surface area (Å²) in [6.45, 7) is 3.03. The molecule has 1 aliphatic heterocycles. The fourth-order valence-corrected chi connectivity index (χ4v) is 3.09. The molecule has 0 spiro atoms. The Morgan fingerprint density at radius 3 is 2.81 bits per heavy atom. The molecule has 1 unspecified atom stereocenters. The van der Waals surface area contributed by atoms with E-state index < -0.39 is 5.54 Å². The first-order valence-electron chi connectivity index (χ1n) is 7.57. The van der Waals surface area contributed by atoms with Crippen LogP contribution in [0.1, 0.15) is 31.7 Å². The van der Waals surface area contributed by atoms with Crippen LogP contribution in [0.25, 0.3) is 0 Å². The minimum absolute atomic E-state index is 0.0124. The highest BCUT2D eigenvalue weighted by molar-refractivity contribution is 5.93. The van der Waals surface area contributed by atoms with Gasteiger partial charge in [0.1, 0.15) is 5.54 Å². The van der Waals surface area contributed by atoms with Crippen molar-refractivity contribution in [2.75, 3.05) is 13.1 Å². The number of aromatic nitrogens is 2. The summed E-state index contributed by atoms with van der Waals surface area (Å²) in [6.07, 6.45) is 7.01. The van der Waals surface area contributed by atoms with Gasteiger partial charge in [-0.1, -0.05) is 0 Å². The number of aryl methyl sites for hydroxylation is 1. The van der Waals surface area contributed by atoms with Crippen molar-refractivity contribution in [1.82, 2.24) is 20.0 Å². The molecule has 2 fully saturated rings. The highest BCUT2D eigenvalue weighted by Crippen LogP contribution is 2.41. The molecule has 3 rings (SSSR count). The van der Waals surface area contributed by atoms with Gasteiger partial charge in [0.2, 0.25) is 11.8 Å². The van der Waals surface area contributed by atoms with Crippen LogP contribution >= 0.6 is 0 Å². The fraction of sp³-hybridized carbons (Fsp3) is 0.667. The lowest BCUT2D eigenvalue weighted by molar-refractivity contribution is -0.139. The number of carbonyl (C=O) groups is 2. The van der Waals surface area contributed by atoms with Gasteiger partial charge in [-0.3, -0.25) is 14.3 Å². The van der Waals surface area contributed by atoms with E-state index >= 15 is 0 Å². The van der Waals surface area contributed by atoms with Gasteiger partial charge in [0.05, 0.1) is 6.20 Å². The second kappa shape index (κ2) is 5.16. The summed E-state index contributed by atoms with van der Waals surface area (Å²) >= 11 is 0. The third-order valence-electron chi connectivity index (χ3n) is 4.56. The Labute approximate surface area is 124 Å². The summed E-state index contributed by atoms with van der Waals surface area (Å²) in [5, 5.41) is 7.10. The number of rotatable bonds is 4. The van der Waals surface area contributed by atoms with Crippen molar-refractivity contribution in [2.45, 2.75) is 38.1 Å². The van der Waals surface area contributed by atoms with E-state index in [-0.39, 0.29) is 11.8 Å². The molecule has 1 saturated heterocycles. The summed E-state index contributed by atoms with van der Waals surface area (Å²) in [5.41, 5.74) is 0.407. The Bertz CT molecular complexity index is 564. The fourth-order valence-electron chi connectivity index (χ4n) is 3.09. The Morgan fingerprint density at radius 2 is 2.19 bits per heavy atom. The zero-order valence-electron chi connectivity index (χ0n) is 12.6. The van der Waals surface area contributed by atoms with E-state index in [9.17, 15) is 9.59 Å². The Kier molecular flexibility index (Phi) is 3.47. The number of hydrogen-bond donors (Lipinski definition) is 1. The number of nitrogens with zero attached hydrogens (tertiary/aromatic N) is 3. The van der Waals surface area contributed by atoms with Crippen molar-refractivity contribution in [3.8, 4) is 0 Å². The third-order valence-corrected chi connectivity index (χ3v) is 4.56. The summed E-state index contributed by atoms with van der Waals surface area (Å²) in [5.74, 6) is 0.356. The van der Waals surface area contributed by atoms with Crippen LogP contribution in [-0.2, 0) is 23.1 Å². The molecule has 2 heterocycles. The smallest absolute Gasteiger partial charge is 0.248 e. The molecule has 1 aliphatic carbocycles. The van der Waals surface area contributed by atoms with Crippen LogP contribution in [0.15, 0.2) is 12.4 Å². The van der Waals surface area contributed by atoms with Gasteiger partial charge >= 0.3 is 0 Å². The minimum atomic E-state index is -0.706. The van der Waals surface area contributed by atoms with E-state index in [1.54, 1.807) is 4.68 Å². The molecule has 1 atom stereocenters. The maximum absolute atomic E-state index is 12.8. The second-order valence-electron chi connectivity index (χ2n) is 6.34. The molecule has 0 radical (unpaired) electrons. The van der Waals surface area contributed by atoms with Crippen molar-refractivity contribution < 1.29 is 9.59 Å². The molecule has 1 aromatic rings. The van der Waals surface area contributed by atoms with Crippen LogP contribution in [0, 0.1) is 5.92 Å². The van der Waals surface area contributed by atoms with Gasteiger partial charge in [-0.05, 0) is 37.7 Å². The van der Waals surface area contributed by atoms with Gasteiger partial charge in [0.25, 0.3) is 0 Å². The summed E-state index contributed by atoms with van der Waals surface area (Å²) in [6, 6.07) is 0. The quantitative estimate of drug-likeness (QED) is 0.877. The lowest BCUT2D eigenvalue weighted by atomic mass is 9.94.